The molecular formula is C22H22ClN3O6S. The molecule has 0 aliphatic rings. The fourth-order valence-corrected chi connectivity index (χ4v) is 4.80. The van der Waals surface area contributed by atoms with E-state index < -0.39 is 21.9 Å². The molecule has 9 nitrogen and oxygen atoms in total. The fraction of sp³-hybridized carbons (Fsp3) is 0.182. The number of carbonyl (C=O) groups is 2. The van der Waals surface area contributed by atoms with Gasteiger partial charge in [0.15, 0.2) is 0 Å². The molecule has 0 aliphatic heterocycles. The van der Waals surface area contributed by atoms with Gasteiger partial charge in [-0.05, 0) is 49.7 Å². The molecule has 0 radical (unpaired) electrons. The van der Waals surface area contributed by atoms with Crippen LogP contribution in [0, 0.1) is 13.8 Å². The number of aromatic amines is 1. The van der Waals surface area contributed by atoms with Crippen molar-refractivity contribution in [2.75, 3.05) is 24.3 Å². The summed E-state index contributed by atoms with van der Waals surface area (Å²) >= 11 is 6.07. The number of H-pyrrole nitrogens is 1. The van der Waals surface area contributed by atoms with Crippen molar-refractivity contribution < 1.29 is 27.5 Å². The third-order valence-electron chi connectivity index (χ3n) is 4.88. The van der Waals surface area contributed by atoms with Crippen molar-refractivity contribution in [3.8, 4) is 5.75 Å². The molecule has 0 atom stereocenters. The van der Waals surface area contributed by atoms with Crippen LogP contribution >= 0.6 is 11.6 Å². The molecule has 0 bridgehead atoms. The highest BCUT2D eigenvalue weighted by Crippen LogP contribution is 2.31. The van der Waals surface area contributed by atoms with Gasteiger partial charge in [-0.1, -0.05) is 23.7 Å². The second kappa shape index (κ2) is 9.55. The zero-order valence-electron chi connectivity index (χ0n) is 18.3. The van der Waals surface area contributed by atoms with Crippen molar-refractivity contribution in [1.82, 2.24) is 4.98 Å². The Balaban J connectivity index is 1.94. The van der Waals surface area contributed by atoms with Crippen molar-refractivity contribution >= 4 is 44.9 Å². The molecule has 0 spiro atoms. The summed E-state index contributed by atoms with van der Waals surface area (Å²) in [4.78, 5) is 27.5. The maximum absolute atomic E-state index is 13.0. The Morgan fingerprint density at radius 3 is 2.39 bits per heavy atom. The number of para-hydroxylation sites is 1. The summed E-state index contributed by atoms with van der Waals surface area (Å²) in [5.74, 6) is -1.05. The van der Waals surface area contributed by atoms with Crippen molar-refractivity contribution in [3.05, 3.63) is 70.0 Å². The number of hydrogen-bond donors (Lipinski definition) is 3. The number of ether oxygens (including phenoxy) is 2. The summed E-state index contributed by atoms with van der Waals surface area (Å²) in [6.45, 7) is 3.26. The Kier molecular flexibility index (Phi) is 6.99. The maximum Gasteiger partial charge on any atom is 0.339 e. The Labute approximate surface area is 196 Å². The van der Waals surface area contributed by atoms with Crippen LogP contribution < -0.4 is 14.8 Å². The molecular weight excluding hydrogens is 470 g/mol. The Morgan fingerprint density at radius 1 is 1.06 bits per heavy atom. The highest BCUT2D eigenvalue weighted by molar-refractivity contribution is 7.92. The zero-order valence-corrected chi connectivity index (χ0v) is 19.8. The summed E-state index contributed by atoms with van der Waals surface area (Å²) in [5, 5.41) is 2.86. The van der Waals surface area contributed by atoms with Gasteiger partial charge >= 0.3 is 5.97 Å². The lowest BCUT2D eigenvalue weighted by atomic mass is 10.1. The number of nitrogens with one attached hydrogen (secondary N) is 3. The first kappa shape index (κ1) is 24.1. The number of rotatable bonds is 7. The third kappa shape index (κ3) is 4.96. The molecule has 3 rings (SSSR count). The minimum Gasteiger partial charge on any atom is -0.495 e. The van der Waals surface area contributed by atoms with Crippen LogP contribution in [0.5, 0.6) is 5.75 Å². The van der Waals surface area contributed by atoms with Crippen molar-refractivity contribution in [2.45, 2.75) is 18.7 Å². The van der Waals surface area contributed by atoms with Crippen LogP contribution in [-0.2, 0) is 14.8 Å². The van der Waals surface area contributed by atoms with Crippen molar-refractivity contribution in [1.29, 1.82) is 0 Å². The number of aryl methyl sites for hydroxylation is 1. The van der Waals surface area contributed by atoms with Crippen LogP contribution in [0.4, 0.5) is 11.4 Å². The number of anilines is 2. The minimum absolute atomic E-state index is 0.0763. The SMILES string of the molecule is COC(=O)c1c(C)[nH]c(C(=O)Nc2ccc(OC)c(S(=O)(=O)Nc3ccccc3Cl)c2)c1C. The van der Waals surface area contributed by atoms with E-state index in [1.807, 2.05) is 0 Å². The van der Waals surface area contributed by atoms with Gasteiger partial charge in [-0.25, -0.2) is 13.2 Å². The predicted octanol–water partition coefficient (Wildman–Crippen LogP) is 4.13. The molecule has 2 aromatic carbocycles. The van der Waals surface area contributed by atoms with E-state index in [0.717, 1.165) is 0 Å². The standard InChI is InChI=1S/C22H22ClN3O6S/c1-12-19(22(28)32-4)13(2)24-20(12)21(27)25-14-9-10-17(31-3)18(11-14)33(29,30)26-16-8-6-5-7-15(16)23/h5-11,24,26H,1-4H3,(H,25,27). The van der Waals surface area contributed by atoms with E-state index in [0.29, 0.717) is 11.3 Å². The first-order valence-corrected chi connectivity index (χ1v) is 11.5. The van der Waals surface area contributed by atoms with E-state index in [2.05, 4.69) is 15.0 Å². The quantitative estimate of drug-likeness (QED) is 0.426. The molecule has 0 unspecified atom stereocenters. The van der Waals surface area contributed by atoms with Gasteiger partial charge in [0, 0.05) is 11.4 Å². The number of sulfonamides is 1. The predicted molar refractivity (Wildman–Crippen MR) is 125 cm³/mol. The van der Waals surface area contributed by atoms with Gasteiger partial charge in [0.05, 0.1) is 30.5 Å². The van der Waals surface area contributed by atoms with Crippen LogP contribution in [-0.4, -0.2) is 39.5 Å². The summed E-state index contributed by atoms with van der Waals surface area (Å²) in [6.07, 6.45) is 0. The molecule has 11 heteroatoms. The number of hydrogen-bond acceptors (Lipinski definition) is 6. The average molecular weight is 492 g/mol. The van der Waals surface area contributed by atoms with E-state index >= 15 is 0 Å². The highest BCUT2D eigenvalue weighted by atomic mass is 35.5. The van der Waals surface area contributed by atoms with Crippen LogP contribution in [0.3, 0.4) is 0 Å². The van der Waals surface area contributed by atoms with Crippen molar-refractivity contribution in [2.24, 2.45) is 0 Å². The second-order valence-electron chi connectivity index (χ2n) is 7.02. The van der Waals surface area contributed by atoms with Crippen molar-refractivity contribution in [3.63, 3.8) is 0 Å². The second-order valence-corrected chi connectivity index (χ2v) is 9.08. The smallest absolute Gasteiger partial charge is 0.339 e. The number of methoxy groups -OCH3 is 2. The minimum atomic E-state index is -4.11. The summed E-state index contributed by atoms with van der Waals surface area (Å²) in [7, 11) is -1.52. The van der Waals surface area contributed by atoms with Gasteiger partial charge in [0.25, 0.3) is 15.9 Å². The molecule has 33 heavy (non-hydrogen) atoms. The highest BCUT2D eigenvalue weighted by Gasteiger charge is 2.24. The number of benzene rings is 2. The number of carbonyl (C=O) groups excluding carboxylic acids is 2. The van der Waals surface area contributed by atoms with Crippen LogP contribution in [0.25, 0.3) is 0 Å². The van der Waals surface area contributed by atoms with Gasteiger partial charge in [0.2, 0.25) is 0 Å². The van der Waals surface area contributed by atoms with Gasteiger partial charge in [0.1, 0.15) is 16.3 Å². The van der Waals surface area contributed by atoms with Crippen LogP contribution in [0.15, 0.2) is 47.4 Å². The normalized spacial score (nSPS) is 11.1. The summed E-state index contributed by atoms with van der Waals surface area (Å²) in [6, 6.07) is 10.6. The van der Waals surface area contributed by atoms with Gasteiger partial charge < -0.3 is 19.8 Å². The molecule has 0 saturated heterocycles. The molecule has 174 valence electrons. The number of amides is 1. The molecule has 1 amide bonds. The lowest BCUT2D eigenvalue weighted by molar-refractivity contribution is 0.0599. The third-order valence-corrected chi connectivity index (χ3v) is 6.60. The van der Waals surface area contributed by atoms with E-state index in [9.17, 15) is 18.0 Å². The Morgan fingerprint density at radius 2 is 1.76 bits per heavy atom. The lowest BCUT2D eigenvalue weighted by Gasteiger charge is -2.14. The molecule has 1 heterocycles. The van der Waals surface area contributed by atoms with Crippen LogP contribution in [0.1, 0.15) is 32.1 Å². The first-order chi connectivity index (χ1) is 15.6. The Bertz CT molecular complexity index is 1330. The van der Waals surface area contributed by atoms with E-state index in [4.69, 9.17) is 21.1 Å². The number of esters is 1. The maximum atomic E-state index is 13.0. The molecule has 1 aromatic heterocycles. The van der Waals surface area contributed by atoms with Gasteiger partial charge in [-0.2, -0.15) is 0 Å². The van der Waals surface area contributed by atoms with Gasteiger partial charge in [-0.15, -0.1) is 0 Å². The van der Waals surface area contributed by atoms with Gasteiger partial charge in [-0.3, -0.25) is 9.52 Å². The summed E-state index contributed by atoms with van der Waals surface area (Å²) < 4.78 is 38.4. The van der Waals surface area contributed by atoms with E-state index in [1.165, 1.54) is 38.5 Å². The molecule has 0 fully saturated rings. The van der Waals surface area contributed by atoms with E-state index in [-0.39, 0.29) is 38.3 Å². The van der Waals surface area contributed by atoms with E-state index in [1.54, 1.807) is 32.0 Å². The molecule has 0 aliphatic carbocycles. The molecule has 0 saturated carbocycles. The van der Waals surface area contributed by atoms with Crippen LogP contribution in [0.2, 0.25) is 5.02 Å². The first-order valence-electron chi connectivity index (χ1n) is 9.63. The molecule has 3 aromatic rings. The average Bonchev–Trinajstić information content (AvgIpc) is 3.08. The topological polar surface area (TPSA) is 127 Å². The molecule has 3 N–H and O–H groups in total. The number of aromatic nitrogens is 1. The number of halogens is 1. The Hall–Kier alpha value is -3.50. The lowest BCUT2D eigenvalue weighted by Crippen LogP contribution is -2.17. The fourth-order valence-electron chi connectivity index (χ4n) is 3.29. The monoisotopic (exact) mass is 491 g/mol. The largest absolute Gasteiger partial charge is 0.495 e. The zero-order chi connectivity index (χ0) is 24.3. The summed E-state index contributed by atoms with van der Waals surface area (Å²) in [5.41, 5.74) is 1.71.